The second kappa shape index (κ2) is 7.47. The van der Waals surface area contributed by atoms with Crippen LogP contribution in [-0.2, 0) is 4.79 Å². The number of benzene rings is 2. The normalized spacial score (nSPS) is 15.6. The van der Waals surface area contributed by atoms with Gasteiger partial charge in [-0.3, -0.25) is 4.79 Å². The molecule has 7 nitrogen and oxygen atoms in total. The zero-order valence-electron chi connectivity index (χ0n) is 15.3. The minimum Gasteiger partial charge on any atom is -0.497 e. The van der Waals surface area contributed by atoms with Crippen LogP contribution in [0.2, 0.25) is 0 Å². The van der Waals surface area contributed by atoms with Crippen LogP contribution in [0.25, 0.3) is 0 Å². The van der Waals surface area contributed by atoms with Gasteiger partial charge in [-0.05, 0) is 48.9 Å². The number of hydrogen-bond acceptors (Lipinski definition) is 5. The Morgan fingerprint density at radius 1 is 1.18 bits per heavy atom. The van der Waals surface area contributed by atoms with Gasteiger partial charge in [-0.2, -0.15) is 10.1 Å². The van der Waals surface area contributed by atoms with Gasteiger partial charge in [-0.1, -0.05) is 28.1 Å². The first-order chi connectivity index (χ1) is 13.6. The number of nitrogens with one attached hydrogen (secondary N) is 2. The van der Waals surface area contributed by atoms with Crippen molar-refractivity contribution in [1.82, 2.24) is 14.8 Å². The summed E-state index contributed by atoms with van der Waals surface area (Å²) < 4.78 is 7.86. The number of rotatable bonds is 4. The average molecular weight is 440 g/mol. The molecule has 0 aliphatic carbocycles. The third-order valence-corrected chi connectivity index (χ3v) is 5.10. The number of allylic oxidation sites excluding steroid dienone is 1. The summed E-state index contributed by atoms with van der Waals surface area (Å²) in [6, 6.07) is 14.7. The predicted octanol–water partition coefficient (Wildman–Crippen LogP) is 3.98. The van der Waals surface area contributed by atoms with E-state index in [1.165, 1.54) is 6.33 Å². The van der Waals surface area contributed by atoms with Crippen LogP contribution < -0.4 is 15.4 Å². The molecule has 3 aromatic rings. The van der Waals surface area contributed by atoms with Crippen molar-refractivity contribution in [2.45, 2.75) is 13.0 Å². The van der Waals surface area contributed by atoms with E-state index in [1.807, 2.05) is 31.2 Å². The minimum atomic E-state index is -0.384. The Bertz CT molecular complexity index is 1040. The Morgan fingerprint density at radius 3 is 2.57 bits per heavy atom. The molecule has 142 valence electrons. The van der Waals surface area contributed by atoms with E-state index < -0.39 is 0 Å². The number of carbonyl (C=O) groups excluding carboxylic acids is 1. The van der Waals surface area contributed by atoms with Crippen LogP contribution >= 0.6 is 15.9 Å². The fraction of sp³-hybridized carbons (Fsp3) is 0.150. The molecule has 2 heterocycles. The lowest BCUT2D eigenvalue weighted by atomic mass is 9.95. The van der Waals surface area contributed by atoms with Crippen molar-refractivity contribution in [3.63, 3.8) is 0 Å². The number of halogens is 1. The molecule has 1 aromatic heterocycles. The van der Waals surface area contributed by atoms with Crippen LogP contribution in [0.4, 0.5) is 11.6 Å². The monoisotopic (exact) mass is 439 g/mol. The van der Waals surface area contributed by atoms with Crippen LogP contribution in [0.5, 0.6) is 5.75 Å². The van der Waals surface area contributed by atoms with Gasteiger partial charge in [0, 0.05) is 15.9 Å². The Hall–Kier alpha value is -3.13. The Labute approximate surface area is 170 Å². The van der Waals surface area contributed by atoms with Gasteiger partial charge in [0.2, 0.25) is 5.95 Å². The van der Waals surface area contributed by atoms with Crippen molar-refractivity contribution in [2.24, 2.45) is 0 Å². The number of nitrogens with zero attached hydrogens (tertiary/aromatic N) is 3. The molecule has 1 atom stereocenters. The molecule has 1 amide bonds. The number of aromatic nitrogens is 3. The topological polar surface area (TPSA) is 81.1 Å². The van der Waals surface area contributed by atoms with Gasteiger partial charge < -0.3 is 15.4 Å². The Kier molecular flexibility index (Phi) is 4.87. The fourth-order valence-electron chi connectivity index (χ4n) is 3.21. The lowest BCUT2D eigenvalue weighted by Gasteiger charge is -2.28. The molecule has 0 saturated carbocycles. The van der Waals surface area contributed by atoms with Crippen LogP contribution in [-0.4, -0.2) is 27.8 Å². The largest absolute Gasteiger partial charge is 0.497 e. The highest BCUT2D eigenvalue weighted by Crippen LogP contribution is 2.35. The van der Waals surface area contributed by atoms with Gasteiger partial charge in [-0.15, -0.1) is 0 Å². The first kappa shape index (κ1) is 18.2. The molecule has 4 rings (SSSR count). The molecule has 0 bridgehead atoms. The van der Waals surface area contributed by atoms with Gasteiger partial charge in [0.05, 0.1) is 12.7 Å². The van der Waals surface area contributed by atoms with Crippen molar-refractivity contribution in [2.75, 3.05) is 17.7 Å². The van der Waals surface area contributed by atoms with E-state index in [-0.39, 0.29) is 11.9 Å². The summed E-state index contributed by atoms with van der Waals surface area (Å²) in [7, 11) is 1.61. The molecule has 1 aliphatic rings. The number of methoxy groups -OCH3 is 1. The van der Waals surface area contributed by atoms with E-state index in [0.29, 0.717) is 17.2 Å². The highest BCUT2D eigenvalue weighted by molar-refractivity contribution is 9.10. The number of anilines is 2. The van der Waals surface area contributed by atoms with Crippen LogP contribution in [0.15, 0.2) is 70.6 Å². The number of carbonyl (C=O) groups is 1. The number of amides is 1. The fourth-order valence-corrected chi connectivity index (χ4v) is 3.48. The van der Waals surface area contributed by atoms with E-state index in [1.54, 1.807) is 36.1 Å². The molecule has 0 fully saturated rings. The van der Waals surface area contributed by atoms with Crippen molar-refractivity contribution < 1.29 is 9.53 Å². The molecular formula is C20H18BrN5O2. The van der Waals surface area contributed by atoms with E-state index in [9.17, 15) is 4.79 Å². The van der Waals surface area contributed by atoms with Gasteiger partial charge in [0.25, 0.3) is 5.91 Å². The summed E-state index contributed by atoms with van der Waals surface area (Å²) >= 11 is 3.46. The lowest BCUT2D eigenvalue weighted by Crippen LogP contribution is -2.31. The summed E-state index contributed by atoms with van der Waals surface area (Å²) in [5, 5.41) is 10.5. The molecule has 28 heavy (non-hydrogen) atoms. The van der Waals surface area contributed by atoms with E-state index in [4.69, 9.17) is 4.74 Å². The van der Waals surface area contributed by atoms with Crippen LogP contribution in [0.3, 0.4) is 0 Å². The van der Waals surface area contributed by atoms with Crippen molar-refractivity contribution in [3.8, 4) is 5.75 Å². The average Bonchev–Trinajstić information content (AvgIpc) is 3.16. The molecule has 8 heteroatoms. The summed E-state index contributed by atoms with van der Waals surface area (Å²) in [6.45, 7) is 1.87. The molecule has 2 aromatic carbocycles. The van der Waals surface area contributed by atoms with Crippen molar-refractivity contribution in [3.05, 3.63) is 76.2 Å². The van der Waals surface area contributed by atoms with Gasteiger partial charge in [0.1, 0.15) is 18.1 Å². The Balaban J connectivity index is 1.71. The lowest BCUT2D eigenvalue weighted by molar-refractivity contribution is -0.113. The summed E-state index contributed by atoms with van der Waals surface area (Å²) in [6.07, 6.45) is 1.48. The van der Waals surface area contributed by atoms with Crippen LogP contribution in [0, 0.1) is 0 Å². The second-order valence-corrected chi connectivity index (χ2v) is 7.24. The van der Waals surface area contributed by atoms with Crippen molar-refractivity contribution in [1.29, 1.82) is 0 Å². The third kappa shape index (κ3) is 3.38. The summed E-state index contributed by atoms with van der Waals surface area (Å²) in [5.74, 6) is 1.13. The van der Waals surface area contributed by atoms with Crippen LogP contribution in [0.1, 0.15) is 18.5 Å². The van der Waals surface area contributed by atoms with E-state index in [0.717, 1.165) is 21.5 Å². The maximum atomic E-state index is 13.2. The number of fused-ring (bicyclic) bond motifs is 1. The molecule has 0 radical (unpaired) electrons. The van der Waals surface area contributed by atoms with E-state index >= 15 is 0 Å². The summed E-state index contributed by atoms with van der Waals surface area (Å²) in [5.41, 5.74) is 2.94. The second-order valence-electron chi connectivity index (χ2n) is 6.33. The molecule has 0 spiro atoms. The van der Waals surface area contributed by atoms with Gasteiger partial charge >= 0.3 is 0 Å². The van der Waals surface area contributed by atoms with E-state index in [2.05, 4.69) is 36.6 Å². The standard InChI is InChI=1S/C20H18BrN5O2/c1-12-17(19(27)25-15-7-9-16(28-2)10-8-15)18(13-3-5-14(21)6-4-13)26-20(24-12)22-11-23-26/h3-11,18H,1-2H3,(H,25,27)(H,22,23,24). The maximum absolute atomic E-state index is 13.2. The quantitative estimate of drug-likeness (QED) is 0.642. The third-order valence-electron chi connectivity index (χ3n) is 4.57. The first-order valence-electron chi connectivity index (χ1n) is 8.65. The molecule has 0 saturated heterocycles. The minimum absolute atomic E-state index is 0.204. The molecule has 1 aliphatic heterocycles. The SMILES string of the molecule is COc1ccc(NC(=O)C2=C(C)Nc3ncnn3C2c2ccc(Br)cc2)cc1. The smallest absolute Gasteiger partial charge is 0.255 e. The number of ether oxygens (including phenoxy) is 1. The maximum Gasteiger partial charge on any atom is 0.255 e. The predicted molar refractivity (Wildman–Crippen MR) is 110 cm³/mol. The highest BCUT2D eigenvalue weighted by atomic mass is 79.9. The summed E-state index contributed by atoms with van der Waals surface area (Å²) in [4.78, 5) is 17.5. The zero-order chi connectivity index (χ0) is 19.7. The molecule has 2 N–H and O–H groups in total. The van der Waals surface area contributed by atoms with Gasteiger partial charge in [-0.25, -0.2) is 4.68 Å². The zero-order valence-corrected chi connectivity index (χ0v) is 16.9. The number of hydrogen-bond donors (Lipinski definition) is 2. The first-order valence-corrected chi connectivity index (χ1v) is 9.44. The highest BCUT2D eigenvalue weighted by Gasteiger charge is 2.33. The molecular weight excluding hydrogens is 422 g/mol. The Morgan fingerprint density at radius 2 is 1.89 bits per heavy atom. The molecule has 1 unspecified atom stereocenters. The van der Waals surface area contributed by atoms with Crippen molar-refractivity contribution >= 4 is 33.5 Å². The van der Waals surface area contributed by atoms with Gasteiger partial charge in [0.15, 0.2) is 0 Å².